The molecular weight excluding hydrogens is 220 g/mol. The molecule has 0 spiro atoms. The van der Waals surface area contributed by atoms with Crippen molar-refractivity contribution in [3.63, 3.8) is 0 Å². The normalized spacial score (nSPS) is 17.4. The van der Waals surface area contributed by atoms with Gasteiger partial charge < -0.3 is 10.3 Å². The Hall–Kier alpha value is -1.28. The maximum absolute atomic E-state index is 3.62. The first-order valence-corrected chi connectivity index (χ1v) is 7.12. The van der Waals surface area contributed by atoms with Gasteiger partial charge in [0.1, 0.15) is 0 Å². The van der Waals surface area contributed by atoms with Crippen LogP contribution in [0.2, 0.25) is 0 Å². The molecule has 0 atom stereocenters. The van der Waals surface area contributed by atoms with Crippen LogP contribution in [-0.2, 0) is 6.42 Å². The van der Waals surface area contributed by atoms with Gasteiger partial charge in [-0.15, -0.1) is 0 Å². The largest absolute Gasteiger partial charge is 0.358 e. The zero-order chi connectivity index (χ0) is 12.5. The van der Waals surface area contributed by atoms with E-state index in [2.05, 4.69) is 42.3 Å². The molecule has 0 bridgehead atoms. The van der Waals surface area contributed by atoms with Crippen molar-refractivity contribution in [1.82, 2.24) is 10.3 Å². The predicted octanol–water partition coefficient (Wildman–Crippen LogP) is 3.51. The lowest BCUT2D eigenvalue weighted by Gasteiger charge is -2.23. The summed E-state index contributed by atoms with van der Waals surface area (Å²) in [6.07, 6.45) is 3.64. The van der Waals surface area contributed by atoms with Gasteiger partial charge in [-0.1, -0.05) is 25.1 Å². The number of hydrogen-bond acceptors (Lipinski definition) is 1. The Bertz CT molecular complexity index is 547. The highest BCUT2D eigenvalue weighted by Gasteiger charge is 2.21. The number of H-pyrrole nitrogens is 1. The topological polar surface area (TPSA) is 27.8 Å². The number of rotatable bonds is 2. The number of para-hydroxylation sites is 1. The molecule has 2 heteroatoms. The molecule has 1 fully saturated rings. The van der Waals surface area contributed by atoms with Crippen LogP contribution in [0.1, 0.15) is 42.5 Å². The van der Waals surface area contributed by atoms with Crippen LogP contribution in [0.3, 0.4) is 0 Å². The Morgan fingerprint density at radius 1 is 1.22 bits per heavy atom. The zero-order valence-electron chi connectivity index (χ0n) is 11.3. The van der Waals surface area contributed by atoms with Crippen molar-refractivity contribution in [2.45, 2.75) is 39.0 Å². The maximum atomic E-state index is 3.62. The van der Waals surface area contributed by atoms with Crippen molar-refractivity contribution in [2.75, 3.05) is 13.1 Å². The van der Waals surface area contributed by atoms with E-state index in [4.69, 9.17) is 0 Å². The number of nitrogens with one attached hydrogen (secondary N) is 2. The van der Waals surface area contributed by atoms with Gasteiger partial charge in [-0.2, -0.15) is 0 Å². The van der Waals surface area contributed by atoms with Crippen LogP contribution >= 0.6 is 0 Å². The van der Waals surface area contributed by atoms with E-state index in [1.807, 2.05) is 0 Å². The summed E-state index contributed by atoms with van der Waals surface area (Å²) in [5.74, 6) is 0.729. The van der Waals surface area contributed by atoms with Gasteiger partial charge in [0.15, 0.2) is 0 Å². The van der Waals surface area contributed by atoms with Gasteiger partial charge >= 0.3 is 0 Å². The molecule has 0 unspecified atom stereocenters. The van der Waals surface area contributed by atoms with Gasteiger partial charge in [0.2, 0.25) is 0 Å². The minimum absolute atomic E-state index is 0.729. The zero-order valence-corrected chi connectivity index (χ0v) is 11.3. The lowest BCUT2D eigenvalue weighted by molar-refractivity contribution is 0.461. The first-order chi connectivity index (χ1) is 8.81. The molecule has 1 saturated heterocycles. The molecule has 0 aliphatic carbocycles. The molecular formula is C16H22N2. The molecule has 1 aliphatic rings. The van der Waals surface area contributed by atoms with E-state index in [9.17, 15) is 0 Å². The van der Waals surface area contributed by atoms with E-state index in [1.54, 1.807) is 5.56 Å². The molecule has 2 aromatic rings. The highest BCUT2D eigenvalue weighted by atomic mass is 14.9. The minimum atomic E-state index is 0.729. The molecule has 1 aliphatic heterocycles. The number of aryl methyl sites for hydroxylation is 2. The van der Waals surface area contributed by atoms with Crippen LogP contribution in [0, 0.1) is 6.92 Å². The Morgan fingerprint density at radius 2 is 2.00 bits per heavy atom. The van der Waals surface area contributed by atoms with Crippen LogP contribution in [0.5, 0.6) is 0 Å². The van der Waals surface area contributed by atoms with Crippen LogP contribution in [0.15, 0.2) is 18.2 Å². The van der Waals surface area contributed by atoms with Crippen molar-refractivity contribution >= 4 is 10.9 Å². The van der Waals surface area contributed by atoms with Crippen LogP contribution in [0.25, 0.3) is 10.9 Å². The van der Waals surface area contributed by atoms with Gasteiger partial charge in [-0.3, -0.25) is 0 Å². The third kappa shape index (κ3) is 1.85. The van der Waals surface area contributed by atoms with Gasteiger partial charge in [0, 0.05) is 16.6 Å². The third-order valence-electron chi connectivity index (χ3n) is 4.29. The summed E-state index contributed by atoms with van der Waals surface area (Å²) in [6, 6.07) is 6.73. The average molecular weight is 242 g/mol. The van der Waals surface area contributed by atoms with Gasteiger partial charge in [0.05, 0.1) is 0 Å². The van der Waals surface area contributed by atoms with Crippen molar-refractivity contribution in [1.29, 1.82) is 0 Å². The van der Waals surface area contributed by atoms with Crippen molar-refractivity contribution in [3.8, 4) is 0 Å². The monoisotopic (exact) mass is 242 g/mol. The van der Waals surface area contributed by atoms with Crippen molar-refractivity contribution in [2.24, 2.45) is 0 Å². The quantitative estimate of drug-likeness (QED) is 0.828. The summed E-state index contributed by atoms with van der Waals surface area (Å²) in [5, 5.41) is 4.91. The standard InChI is InChI=1S/C16H22N2/c1-3-12-5-4-6-14-15(11(2)18-16(12)14)13-7-9-17-10-8-13/h4-6,13,17-18H,3,7-10H2,1-2H3. The van der Waals surface area contributed by atoms with Crippen molar-refractivity contribution < 1.29 is 0 Å². The van der Waals surface area contributed by atoms with E-state index < -0.39 is 0 Å². The van der Waals surface area contributed by atoms with E-state index in [1.165, 1.54) is 35.0 Å². The highest BCUT2D eigenvalue weighted by Crippen LogP contribution is 2.35. The average Bonchev–Trinajstić information content (AvgIpc) is 2.75. The summed E-state index contributed by atoms with van der Waals surface area (Å²) in [4.78, 5) is 3.62. The second kappa shape index (κ2) is 4.77. The number of piperidine rings is 1. The van der Waals surface area contributed by atoms with Crippen LogP contribution in [0.4, 0.5) is 0 Å². The summed E-state index contributed by atoms with van der Waals surface area (Å²) < 4.78 is 0. The molecule has 1 aromatic heterocycles. The van der Waals surface area contributed by atoms with Gasteiger partial charge in [0.25, 0.3) is 0 Å². The van der Waals surface area contributed by atoms with E-state index >= 15 is 0 Å². The number of hydrogen-bond donors (Lipinski definition) is 2. The molecule has 2 heterocycles. The molecule has 2 nitrogen and oxygen atoms in total. The molecule has 18 heavy (non-hydrogen) atoms. The second-order valence-electron chi connectivity index (χ2n) is 5.38. The van der Waals surface area contributed by atoms with Gasteiger partial charge in [-0.05, 0) is 56.3 Å². The lowest BCUT2D eigenvalue weighted by Crippen LogP contribution is -2.26. The Morgan fingerprint density at radius 3 is 2.72 bits per heavy atom. The predicted molar refractivity (Wildman–Crippen MR) is 77.3 cm³/mol. The number of benzene rings is 1. The van der Waals surface area contributed by atoms with E-state index in [-0.39, 0.29) is 0 Å². The minimum Gasteiger partial charge on any atom is -0.358 e. The molecule has 96 valence electrons. The summed E-state index contributed by atoms with van der Waals surface area (Å²) >= 11 is 0. The molecule has 0 saturated carbocycles. The molecule has 3 rings (SSSR count). The fourth-order valence-electron chi connectivity index (χ4n) is 3.36. The van der Waals surface area contributed by atoms with E-state index in [0.717, 1.165) is 25.4 Å². The van der Waals surface area contributed by atoms with Gasteiger partial charge in [-0.25, -0.2) is 0 Å². The maximum Gasteiger partial charge on any atom is 0.0491 e. The number of aromatic amines is 1. The second-order valence-corrected chi connectivity index (χ2v) is 5.38. The molecule has 2 N–H and O–H groups in total. The molecule has 0 amide bonds. The van der Waals surface area contributed by atoms with E-state index in [0.29, 0.717) is 0 Å². The Kier molecular flexibility index (Phi) is 3.13. The van der Waals surface area contributed by atoms with Crippen molar-refractivity contribution in [3.05, 3.63) is 35.0 Å². The SMILES string of the molecule is CCc1cccc2c(C3CCNCC3)c(C)[nH]c12. The first-order valence-electron chi connectivity index (χ1n) is 7.12. The fourth-order valence-corrected chi connectivity index (χ4v) is 3.36. The fraction of sp³-hybridized carbons (Fsp3) is 0.500. The smallest absolute Gasteiger partial charge is 0.0491 e. The first kappa shape index (κ1) is 11.8. The van der Waals surface area contributed by atoms with Crippen LogP contribution in [-0.4, -0.2) is 18.1 Å². The summed E-state index contributed by atoms with van der Waals surface area (Å²) in [7, 11) is 0. The summed E-state index contributed by atoms with van der Waals surface area (Å²) in [5.41, 5.74) is 5.75. The highest BCUT2D eigenvalue weighted by molar-refractivity contribution is 5.88. The number of fused-ring (bicyclic) bond motifs is 1. The Balaban J connectivity index is 2.13. The Labute approximate surface area is 109 Å². The third-order valence-corrected chi connectivity index (χ3v) is 4.29. The number of aromatic nitrogens is 1. The summed E-state index contributed by atoms with van der Waals surface area (Å²) in [6.45, 7) is 6.78. The molecule has 1 aromatic carbocycles. The lowest BCUT2D eigenvalue weighted by atomic mass is 9.88. The van der Waals surface area contributed by atoms with Crippen LogP contribution < -0.4 is 5.32 Å². The molecule has 0 radical (unpaired) electrons.